The average Bonchev–Trinajstić information content (AvgIpc) is 3.50. The number of nitrogens with one attached hydrogen (secondary N) is 1. The van der Waals surface area contributed by atoms with Crippen LogP contribution in [0.15, 0.2) is 77.7 Å². The molecular formula is C30H31ClFN3O4S. The molecule has 7 nitrogen and oxygen atoms in total. The van der Waals surface area contributed by atoms with Crippen molar-refractivity contribution in [3.05, 3.63) is 100 Å². The van der Waals surface area contributed by atoms with Gasteiger partial charge in [0.25, 0.3) is 11.8 Å². The number of benzene rings is 3. The van der Waals surface area contributed by atoms with Crippen LogP contribution in [0.1, 0.15) is 38.7 Å². The second-order valence-corrected chi connectivity index (χ2v) is 13.0. The number of hydrogen-bond donors (Lipinski definition) is 1. The minimum Gasteiger partial charge on any atom is -0.345 e. The standard InChI is InChI=1S/C30H31ClFN3O4S/c1-40(38,39)24-12-10-21(11-13-24)29(36)33-27(20-6-3-2-4-7-20)14-15-34-16-22-18-35(19-23(22)17-34)30(37)28-25(31)8-5-9-26(28)32/h2-13,22-23,27H,14-19H2,1H3,(H,33,36). The van der Waals surface area contributed by atoms with E-state index in [1.807, 2.05) is 30.3 Å². The van der Waals surface area contributed by atoms with Crippen molar-refractivity contribution in [1.82, 2.24) is 15.1 Å². The molecule has 2 saturated heterocycles. The van der Waals surface area contributed by atoms with Crippen LogP contribution in [0, 0.1) is 17.7 Å². The van der Waals surface area contributed by atoms with E-state index in [9.17, 15) is 22.4 Å². The maximum absolute atomic E-state index is 14.3. The monoisotopic (exact) mass is 583 g/mol. The van der Waals surface area contributed by atoms with Crippen molar-refractivity contribution in [1.29, 1.82) is 0 Å². The molecule has 210 valence electrons. The first-order valence-electron chi connectivity index (χ1n) is 13.2. The Morgan fingerprint density at radius 2 is 1.60 bits per heavy atom. The maximum Gasteiger partial charge on any atom is 0.258 e. The Bertz CT molecular complexity index is 1470. The van der Waals surface area contributed by atoms with Crippen molar-refractivity contribution in [3.8, 4) is 0 Å². The Balaban J connectivity index is 1.20. The van der Waals surface area contributed by atoms with Gasteiger partial charge in [0.15, 0.2) is 9.84 Å². The zero-order valence-corrected chi connectivity index (χ0v) is 23.7. The summed E-state index contributed by atoms with van der Waals surface area (Å²) in [6.07, 6.45) is 1.82. The number of nitrogens with zero attached hydrogens (tertiary/aromatic N) is 2. The molecule has 2 aliphatic rings. The molecule has 40 heavy (non-hydrogen) atoms. The van der Waals surface area contributed by atoms with E-state index in [-0.39, 0.29) is 33.3 Å². The average molecular weight is 584 g/mol. The van der Waals surface area contributed by atoms with Crippen molar-refractivity contribution in [2.75, 3.05) is 39.0 Å². The molecule has 2 aliphatic heterocycles. The van der Waals surface area contributed by atoms with E-state index >= 15 is 0 Å². The molecule has 10 heteroatoms. The number of sulfone groups is 1. The lowest BCUT2D eigenvalue weighted by Gasteiger charge is -2.25. The lowest BCUT2D eigenvalue weighted by Crippen LogP contribution is -2.35. The fourth-order valence-electron chi connectivity index (χ4n) is 5.71. The molecule has 0 saturated carbocycles. The number of halogens is 2. The lowest BCUT2D eigenvalue weighted by molar-refractivity contribution is 0.0769. The van der Waals surface area contributed by atoms with E-state index in [4.69, 9.17) is 11.6 Å². The number of amides is 2. The largest absolute Gasteiger partial charge is 0.345 e. The zero-order valence-electron chi connectivity index (χ0n) is 22.1. The molecule has 0 spiro atoms. The molecule has 5 rings (SSSR count). The highest BCUT2D eigenvalue weighted by atomic mass is 35.5. The van der Waals surface area contributed by atoms with Gasteiger partial charge < -0.3 is 15.1 Å². The van der Waals surface area contributed by atoms with Gasteiger partial charge in [0.2, 0.25) is 0 Å². The van der Waals surface area contributed by atoms with Crippen LogP contribution in [0.5, 0.6) is 0 Å². The summed E-state index contributed by atoms with van der Waals surface area (Å²) >= 11 is 6.12. The van der Waals surface area contributed by atoms with E-state index in [2.05, 4.69) is 10.2 Å². The van der Waals surface area contributed by atoms with Crippen LogP contribution in [0.2, 0.25) is 5.02 Å². The molecule has 0 bridgehead atoms. The van der Waals surface area contributed by atoms with E-state index in [0.717, 1.165) is 31.5 Å². The van der Waals surface area contributed by atoms with Crippen LogP contribution in [0.3, 0.4) is 0 Å². The summed E-state index contributed by atoms with van der Waals surface area (Å²) in [7, 11) is -3.34. The van der Waals surface area contributed by atoms with Gasteiger partial charge >= 0.3 is 0 Å². The van der Waals surface area contributed by atoms with Gasteiger partial charge in [-0.15, -0.1) is 0 Å². The summed E-state index contributed by atoms with van der Waals surface area (Å²) in [5.41, 5.74) is 1.32. The van der Waals surface area contributed by atoms with Gasteiger partial charge in [-0.05, 0) is 60.2 Å². The molecule has 0 aliphatic carbocycles. The second kappa shape index (κ2) is 11.7. The number of hydrogen-bond acceptors (Lipinski definition) is 5. The van der Waals surface area contributed by atoms with Crippen molar-refractivity contribution < 1.29 is 22.4 Å². The fraction of sp³-hybridized carbons (Fsp3) is 0.333. The van der Waals surface area contributed by atoms with Crippen molar-refractivity contribution in [3.63, 3.8) is 0 Å². The van der Waals surface area contributed by atoms with Crippen LogP contribution in [-0.4, -0.2) is 69.0 Å². The Morgan fingerprint density at radius 3 is 2.20 bits per heavy atom. The van der Waals surface area contributed by atoms with Crippen LogP contribution in [0.4, 0.5) is 4.39 Å². The summed E-state index contributed by atoms with van der Waals surface area (Å²) in [6.45, 7) is 3.52. The summed E-state index contributed by atoms with van der Waals surface area (Å²) in [5, 5.41) is 3.25. The number of fused-ring (bicyclic) bond motifs is 1. The molecule has 3 unspecified atom stereocenters. The third-order valence-electron chi connectivity index (χ3n) is 7.81. The van der Waals surface area contributed by atoms with Crippen molar-refractivity contribution in [2.24, 2.45) is 11.8 Å². The molecule has 3 aromatic carbocycles. The SMILES string of the molecule is CS(=O)(=O)c1ccc(C(=O)NC(CCN2CC3CN(C(=O)c4c(F)cccc4Cl)CC3C2)c2ccccc2)cc1. The predicted molar refractivity (Wildman–Crippen MR) is 152 cm³/mol. The zero-order chi connectivity index (χ0) is 28.4. The highest BCUT2D eigenvalue weighted by Gasteiger charge is 2.42. The van der Waals surface area contributed by atoms with Crippen LogP contribution < -0.4 is 5.32 Å². The Hall–Kier alpha value is -3.27. The van der Waals surface area contributed by atoms with Crippen LogP contribution in [-0.2, 0) is 9.84 Å². The fourth-order valence-corrected chi connectivity index (χ4v) is 6.59. The third kappa shape index (κ3) is 6.22. The van der Waals surface area contributed by atoms with E-state index in [0.29, 0.717) is 36.9 Å². The molecule has 2 heterocycles. The molecule has 1 N–H and O–H groups in total. The lowest BCUT2D eigenvalue weighted by atomic mass is 10.0. The third-order valence-corrected chi connectivity index (χ3v) is 9.26. The van der Waals surface area contributed by atoms with Gasteiger partial charge in [-0.1, -0.05) is 48.0 Å². The summed E-state index contributed by atoms with van der Waals surface area (Å²) in [4.78, 5) is 30.3. The van der Waals surface area contributed by atoms with E-state index in [1.165, 1.54) is 42.5 Å². The van der Waals surface area contributed by atoms with Gasteiger partial charge in [0, 0.05) is 44.5 Å². The molecule has 2 amide bonds. The first-order valence-corrected chi connectivity index (χ1v) is 15.5. The first kappa shape index (κ1) is 28.3. The highest BCUT2D eigenvalue weighted by molar-refractivity contribution is 7.90. The smallest absolute Gasteiger partial charge is 0.258 e. The quantitative estimate of drug-likeness (QED) is 0.423. The molecule has 0 radical (unpaired) electrons. The normalized spacial score (nSPS) is 19.8. The Morgan fingerprint density at radius 1 is 0.950 bits per heavy atom. The second-order valence-electron chi connectivity index (χ2n) is 10.6. The van der Waals surface area contributed by atoms with Gasteiger partial charge in [0.05, 0.1) is 21.5 Å². The Labute approximate surface area is 238 Å². The maximum atomic E-state index is 14.3. The number of carbonyl (C=O) groups is 2. The highest BCUT2D eigenvalue weighted by Crippen LogP contribution is 2.34. The number of likely N-dealkylation sites (tertiary alicyclic amines) is 2. The Kier molecular flexibility index (Phi) is 8.26. The summed E-state index contributed by atoms with van der Waals surface area (Å²) in [6, 6.07) is 19.7. The van der Waals surface area contributed by atoms with Crippen molar-refractivity contribution >= 4 is 33.3 Å². The van der Waals surface area contributed by atoms with Crippen LogP contribution >= 0.6 is 11.6 Å². The first-order chi connectivity index (χ1) is 19.1. The van der Waals surface area contributed by atoms with Gasteiger partial charge in [-0.3, -0.25) is 9.59 Å². The van der Waals surface area contributed by atoms with Gasteiger partial charge in [-0.2, -0.15) is 0 Å². The predicted octanol–water partition coefficient (Wildman–Crippen LogP) is 4.45. The molecular weight excluding hydrogens is 553 g/mol. The molecule has 0 aromatic heterocycles. The minimum atomic E-state index is -3.34. The van der Waals surface area contributed by atoms with Crippen LogP contribution in [0.25, 0.3) is 0 Å². The summed E-state index contributed by atoms with van der Waals surface area (Å²) < 4.78 is 37.8. The summed E-state index contributed by atoms with van der Waals surface area (Å²) in [5.74, 6) is -0.634. The van der Waals surface area contributed by atoms with Crippen molar-refractivity contribution in [2.45, 2.75) is 17.4 Å². The van der Waals surface area contributed by atoms with Gasteiger partial charge in [0.1, 0.15) is 5.82 Å². The topological polar surface area (TPSA) is 86.8 Å². The van der Waals surface area contributed by atoms with E-state index in [1.54, 1.807) is 4.90 Å². The number of rotatable bonds is 8. The molecule has 3 atom stereocenters. The number of carbonyl (C=O) groups excluding carboxylic acids is 2. The van der Waals surface area contributed by atoms with Gasteiger partial charge in [-0.25, -0.2) is 12.8 Å². The van der Waals surface area contributed by atoms with E-state index < -0.39 is 15.7 Å². The molecule has 3 aromatic rings. The minimum absolute atomic E-state index is 0.0617. The molecule has 2 fully saturated rings.